The lowest BCUT2D eigenvalue weighted by Gasteiger charge is -1.95. The molecule has 7 heavy (non-hydrogen) atoms. The van der Waals surface area contributed by atoms with Crippen molar-refractivity contribution in [2.45, 2.75) is 13.1 Å². The largest absolute Gasteiger partial charge is 0.449 e. The molecule has 0 aliphatic heterocycles. The van der Waals surface area contributed by atoms with Crippen molar-refractivity contribution >= 4 is 5.78 Å². The lowest BCUT2D eigenvalue weighted by molar-refractivity contribution is -0.168. The lowest BCUT2D eigenvalue weighted by Crippen LogP contribution is -2.18. The van der Waals surface area contributed by atoms with E-state index < -0.39 is 12.0 Å². The predicted octanol–water partition coefficient (Wildman–Crippen LogP) is 1.14. The zero-order valence-corrected chi connectivity index (χ0v) is 3.54. The molecule has 0 spiro atoms. The van der Waals surface area contributed by atoms with Gasteiger partial charge in [-0.3, -0.25) is 4.79 Å². The Morgan fingerprint density at radius 3 is 1.57 bits per heavy atom. The number of alkyl halides is 3. The van der Waals surface area contributed by atoms with Crippen LogP contribution in [0.3, 0.4) is 0 Å². The maximum Gasteiger partial charge on any atom is 0.449 e. The van der Waals surface area contributed by atoms with Gasteiger partial charge in [0.25, 0.3) is 0 Å². The fourth-order valence-corrected chi connectivity index (χ4v) is 0. The summed E-state index contributed by atoms with van der Waals surface area (Å²) >= 11 is 0. The standard InChI is InChI=1S/C3H3F3O/c1-2(7)3(4,5)6/h1H3/i1+1. The average molecular weight is 113 g/mol. The zero-order chi connectivity index (χ0) is 6.08. The van der Waals surface area contributed by atoms with E-state index >= 15 is 0 Å². The number of carbonyl (C=O) groups is 1. The van der Waals surface area contributed by atoms with Crippen molar-refractivity contribution in [3.8, 4) is 0 Å². The van der Waals surface area contributed by atoms with Gasteiger partial charge in [-0.2, -0.15) is 13.2 Å². The van der Waals surface area contributed by atoms with Crippen LogP contribution < -0.4 is 0 Å². The molecule has 0 fully saturated rings. The molecule has 0 aliphatic rings. The number of hydrogen-bond donors (Lipinski definition) is 0. The van der Waals surface area contributed by atoms with Gasteiger partial charge in [-0.05, 0) is 0 Å². The summed E-state index contributed by atoms with van der Waals surface area (Å²) in [6.07, 6.45) is -4.64. The van der Waals surface area contributed by atoms with E-state index in [-0.39, 0.29) is 0 Å². The van der Waals surface area contributed by atoms with Gasteiger partial charge in [0.1, 0.15) is 0 Å². The van der Waals surface area contributed by atoms with Gasteiger partial charge in [0.15, 0.2) is 0 Å². The van der Waals surface area contributed by atoms with Crippen LogP contribution in [0.4, 0.5) is 13.2 Å². The van der Waals surface area contributed by atoms with Crippen LogP contribution in [0.5, 0.6) is 0 Å². The highest BCUT2D eigenvalue weighted by Gasteiger charge is 2.33. The van der Waals surface area contributed by atoms with Gasteiger partial charge in [0.05, 0.1) is 0 Å². The van der Waals surface area contributed by atoms with Crippen molar-refractivity contribution in [1.82, 2.24) is 0 Å². The molecule has 0 aromatic rings. The third-order valence-electron chi connectivity index (χ3n) is 0.399. The maximum atomic E-state index is 10.8. The van der Waals surface area contributed by atoms with Gasteiger partial charge in [-0.25, -0.2) is 0 Å². The van der Waals surface area contributed by atoms with Crippen LogP contribution in [-0.2, 0) is 4.79 Å². The minimum absolute atomic E-state index is 0.486. The van der Waals surface area contributed by atoms with Crippen LogP contribution in [0.2, 0.25) is 0 Å². The van der Waals surface area contributed by atoms with Crippen molar-refractivity contribution in [2.24, 2.45) is 0 Å². The number of hydrogen-bond acceptors (Lipinski definition) is 1. The summed E-state index contributed by atoms with van der Waals surface area (Å²) in [5, 5.41) is 0. The van der Waals surface area contributed by atoms with Crippen LogP contribution >= 0.6 is 0 Å². The molecule has 0 saturated heterocycles. The first-order valence-electron chi connectivity index (χ1n) is 1.52. The molecule has 0 aliphatic carbocycles. The Bertz CT molecular complexity index is 82.7. The number of Topliss-reactive ketones (excluding diaryl/α,β-unsaturated/α-hetero) is 1. The summed E-state index contributed by atoms with van der Waals surface area (Å²) in [6, 6.07) is 0. The molecule has 4 heteroatoms. The van der Waals surface area contributed by atoms with E-state index in [4.69, 9.17) is 0 Å². The third kappa shape index (κ3) is 2.19. The highest BCUT2D eigenvalue weighted by molar-refractivity contribution is 5.81. The molecule has 0 atom stereocenters. The molecule has 0 amide bonds. The first-order chi connectivity index (χ1) is 2.94. The molecule has 1 nitrogen and oxygen atoms in total. The van der Waals surface area contributed by atoms with Gasteiger partial charge < -0.3 is 0 Å². The van der Waals surface area contributed by atoms with Gasteiger partial charge >= 0.3 is 6.18 Å². The summed E-state index contributed by atoms with van der Waals surface area (Å²) in [5.41, 5.74) is 0. The topological polar surface area (TPSA) is 17.1 Å². The van der Waals surface area contributed by atoms with Gasteiger partial charge in [-0.15, -0.1) is 0 Å². The minimum Gasteiger partial charge on any atom is -0.290 e. The summed E-state index contributed by atoms with van der Waals surface area (Å²) in [4.78, 5) is 9.34. The highest BCUT2D eigenvalue weighted by atomic mass is 19.4. The predicted molar refractivity (Wildman–Crippen MR) is 16.7 cm³/mol. The van der Waals surface area contributed by atoms with Crippen molar-refractivity contribution < 1.29 is 18.0 Å². The minimum atomic E-state index is -4.64. The van der Waals surface area contributed by atoms with Crippen molar-refractivity contribution in [2.75, 3.05) is 0 Å². The van der Waals surface area contributed by atoms with E-state index in [1.54, 1.807) is 0 Å². The Labute approximate surface area is 38.1 Å². The van der Waals surface area contributed by atoms with E-state index in [1.165, 1.54) is 0 Å². The lowest BCUT2D eigenvalue weighted by atomic mass is 10.6. The van der Waals surface area contributed by atoms with Gasteiger partial charge in [-0.1, -0.05) is 0 Å². The van der Waals surface area contributed by atoms with Crippen LogP contribution in [0.25, 0.3) is 0 Å². The molecule has 0 aromatic carbocycles. The van der Waals surface area contributed by atoms with Crippen LogP contribution in [0.1, 0.15) is 6.92 Å². The Morgan fingerprint density at radius 2 is 1.57 bits per heavy atom. The second-order valence-electron chi connectivity index (χ2n) is 1.05. The van der Waals surface area contributed by atoms with Crippen LogP contribution in [0.15, 0.2) is 0 Å². The average Bonchev–Trinajstić information content (AvgIpc) is 1.31. The molecule has 0 radical (unpaired) electrons. The second-order valence-corrected chi connectivity index (χ2v) is 1.05. The molecule has 42 valence electrons. The van der Waals surface area contributed by atoms with E-state index in [1.807, 2.05) is 0 Å². The van der Waals surface area contributed by atoms with Crippen LogP contribution in [-0.4, -0.2) is 12.0 Å². The fraction of sp³-hybridized carbons (Fsp3) is 0.667. The van der Waals surface area contributed by atoms with E-state index in [0.29, 0.717) is 6.92 Å². The molecular formula is C3H3F3O. The fourth-order valence-electron chi connectivity index (χ4n) is 0. The molecule has 0 aromatic heterocycles. The van der Waals surface area contributed by atoms with Gasteiger partial charge in [0, 0.05) is 6.92 Å². The summed E-state index contributed by atoms with van der Waals surface area (Å²) in [7, 11) is 0. The molecule has 0 unspecified atom stereocenters. The van der Waals surface area contributed by atoms with E-state index in [0.717, 1.165) is 0 Å². The first kappa shape index (κ1) is 6.46. The maximum absolute atomic E-state index is 10.8. The molecule has 0 bridgehead atoms. The summed E-state index contributed by atoms with van der Waals surface area (Å²) in [5.74, 6) is -1.76. The normalized spacial score (nSPS) is 11.4. The monoisotopic (exact) mass is 113 g/mol. The molecule has 0 heterocycles. The quantitative estimate of drug-likeness (QED) is 0.430. The number of halogens is 3. The molecule has 0 rings (SSSR count). The second kappa shape index (κ2) is 1.52. The number of ketones is 1. The Balaban J connectivity index is 3.79. The molecule has 0 saturated carbocycles. The summed E-state index contributed by atoms with van der Waals surface area (Å²) < 4.78 is 32.5. The SMILES string of the molecule is [13CH3]C(=O)C(F)(F)F. The number of carbonyl (C=O) groups excluding carboxylic acids is 1. The van der Waals surface area contributed by atoms with E-state index in [9.17, 15) is 18.0 Å². The molecular weight excluding hydrogens is 110 g/mol. The summed E-state index contributed by atoms with van der Waals surface area (Å²) in [6.45, 7) is 0.486. The van der Waals surface area contributed by atoms with E-state index in [2.05, 4.69) is 0 Å². The smallest absolute Gasteiger partial charge is 0.290 e. The number of rotatable bonds is 0. The van der Waals surface area contributed by atoms with Gasteiger partial charge in [0.2, 0.25) is 5.78 Å². The van der Waals surface area contributed by atoms with Crippen LogP contribution in [0, 0.1) is 0 Å². The van der Waals surface area contributed by atoms with Crippen molar-refractivity contribution in [3.63, 3.8) is 0 Å². The Hall–Kier alpha value is -0.540. The first-order valence-corrected chi connectivity index (χ1v) is 1.52. The van der Waals surface area contributed by atoms with Crippen molar-refractivity contribution in [3.05, 3.63) is 0 Å². The zero-order valence-electron chi connectivity index (χ0n) is 3.54. The Morgan fingerprint density at radius 1 is 1.43 bits per heavy atom. The Kier molecular flexibility index (Phi) is 1.40. The highest BCUT2D eigenvalue weighted by Crippen LogP contribution is 2.14. The third-order valence-corrected chi connectivity index (χ3v) is 0.399. The molecule has 0 N–H and O–H groups in total. The van der Waals surface area contributed by atoms with Crippen molar-refractivity contribution in [1.29, 1.82) is 0 Å².